The van der Waals surface area contributed by atoms with Crippen molar-refractivity contribution in [3.63, 3.8) is 0 Å². The van der Waals surface area contributed by atoms with Crippen LogP contribution in [0.25, 0.3) is 0 Å². The van der Waals surface area contributed by atoms with Crippen molar-refractivity contribution in [1.29, 1.82) is 0 Å². The average Bonchev–Trinajstić information content (AvgIpc) is 2.86. The van der Waals surface area contributed by atoms with Gasteiger partial charge < -0.3 is 10.5 Å². The lowest BCUT2D eigenvalue weighted by molar-refractivity contribution is 0.315. The summed E-state index contributed by atoms with van der Waals surface area (Å²) in [5.74, 6) is 1.78. The highest BCUT2D eigenvalue weighted by molar-refractivity contribution is 5.37. The summed E-state index contributed by atoms with van der Waals surface area (Å²) in [7, 11) is 1.69. The Morgan fingerprint density at radius 2 is 2.28 bits per heavy atom. The largest absolute Gasteiger partial charge is 0.496 e. The van der Waals surface area contributed by atoms with Crippen LogP contribution in [0.2, 0.25) is 0 Å². The maximum atomic E-state index is 5.75. The molecule has 0 radical (unpaired) electrons. The standard InChI is InChI=1S/C15H24N2O/c1-3-12-6-7-17(10-12)11-13-4-5-15(18-2)14(8-13)9-16/h4-5,8,12H,3,6-7,9-11,16H2,1-2H3. The average molecular weight is 248 g/mol. The van der Waals surface area contributed by atoms with E-state index >= 15 is 0 Å². The summed E-state index contributed by atoms with van der Waals surface area (Å²) in [6.07, 6.45) is 2.64. The van der Waals surface area contributed by atoms with E-state index in [4.69, 9.17) is 10.5 Å². The molecule has 0 spiro atoms. The van der Waals surface area contributed by atoms with Crippen molar-refractivity contribution >= 4 is 0 Å². The molecule has 100 valence electrons. The van der Waals surface area contributed by atoms with Gasteiger partial charge in [0, 0.05) is 25.2 Å². The molecule has 1 fully saturated rings. The number of hydrogen-bond acceptors (Lipinski definition) is 3. The van der Waals surface area contributed by atoms with Crippen LogP contribution in [0.3, 0.4) is 0 Å². The van der Waals surface area contributed by atoms with E-state index in [9.17, 15) is 0 Å². The first-order chi connectivity index (χ1) is 8.76. The Hall–Kier alpha value is -1.06. The molecule has 1 unspecified atom stereocenters. The summed E-state index contributed by atoms with van der Waals surface area (Å²) in [5, 5.41) is 0. The molecule has 3 nitrogen and oxygen atoms in total. The second-order valence-electron chi connectivity index (χ2n) is 5.15. The minimum atomic E-state index is 0.536. The Balaban J connectivity index is 2.01. The van der Waals surface area contributed by atoms with Crippen molar-refractivity contribution in [3.8, 4) is 5.75 Å². The third kappa shape index (κ3) is 3.03. The predicted molar refractivity (Wildman–Crippen MR) is 74.6 cm³/mol. The van der Waals surface area contributed by atoms with E-state index in [0.29, 0.717) is 6.54 Å². The summed E-state index contributed by atoms with van der Waals surface area (Å²) in [6, 6.07) is 6.36. The molecule has 1 aromatic carbocycles. The van der Waals surface area contributed by atoms with Gasteiger partial charge in [-0.15, -0.1) is 0 Å². The van der Waals surface area contributed by atoms with Crippen LogP contribution in [-0.2, 0) is 13.1 Å². The van der Waals surface area contributed by atoms with Crippen LogP contribution in [0.5, 0.6) is 5.75 Å². The lowest BCUT2D eigenvalue weighted by Crippen LogP contribution is -2.20. The highest BCUT2D eigenvalue weighted by Crippen LogP contribution is 2.24. The second kappa shape index (κ2) is 6.21. The van der Waals surface area contributed by atoms with E-state index in [1.807, 2.05) is 6.07 Å². The molecular weight excluding hydrogens is 224 g/mol. The molecule has 0 saturated carbocycles. The minimum absolute atomic E-state index is 0.536. The third-order valence-corrected chi connectivity index (χ3v) is 3.92. The van der Waals surface area contributed by atoms with Gasteiger partial charge in [-0.3, -0.25) is 4.90 Å². The number of methoxy groups -OCH3 is 1. The quantitative estimate of drug-likeness (QED) is 0.869. The fraction of sp³-hybridized carbons (Fsp3) is 0.600. The Morgan fingerprint density at radius 1 is 1.44 bits per heavy atom. The van der Waals surface area contributed by atoms with Gasteiger partial charge in [-0.05, 0) is 36.6 Å². The van der Waals surface area contributed by atoms with Crippen LogP contribution in [0.4, 0.5) is 0 Å². The van der Waals surface area contributed by atoms with Crippen LogP contribution < -0.4 is 10.5 Å². The fourth-order valence-corrected chi connectivity index (χ4v) is 2.74. The number of likely N-dealkylation sites (tertiary alicyclic amines) is 1. The molecule has 2 rings (SSSR count). The van der Waals surface area contributed by atoms with E-state index in [0.717, 1.165) is 23.8 Å². The monoisotopic (exact) mass is 248 g/mol. The van der Waals surface area contributed by atoms with Crippen molar-refractivity contribution in [3.05, 3.63) is 29.3 Å². The molecule has 2 N–H and O–H groups in total. The zero-order valence-corrected chi connectivity index (χ0v) is 11.5. The number of benzene rings is 1. The van der Waals surface area contributed by atoms with Crippen LogP contribution >= 0.6 is 0 Å². The number of rotatable bonds is 5. The Labute approximate surface area is 110 Å². The first-order valence-corrected chi connectivity index (χ1v) is 6.85. The topological polar surface area (TPSA) is 38.5 Å². The minimum Gasteiger partial charge on any atom is -0.496 e. The van der Waals surface area contributed by atoms with Gasteiger partial charge in [0.2, 0.25) is 0 Å². The Kier molecular flexibility index (Phi) is 4.61. The lowest BCUT2D eigenvalue weighted by Gasteiger charge is -2.17. The van der Waals surface area contributed by atoms with Gasteiger partial charge in [-0.2, -0.15) is 0 Å². The van der Waals surface area contributed by atoms with Crippen LogP contribution in [-0.4, -0.2) is 25.1 Å². The highest BCUT2D eigenvalue weighted by Gasteiger charge is 2.20. The molecule has 0 aliphatic carbocycles. The number of nitrogens with zero attached hydrogens (tertiary/aromatic N) is 1. The molecular formula is C15H24N2O. The van der Waals surface area contributed by atoms with E-state index < -0.39 is 0 Å². The Morgan fingerprint density at radius 3 is 2.89 bits per heavy atom. The van der Waals surface area contributed by atoms with Gasteiger partial charge >= 0.3 is 0 Å². The molecule has 1 aliphatic heterocycles. The van der Waals surface area contributed by atoms with Crippen molar-refractivity contribution in [2.45, 2.75) is 32.9 Å². The lowest BCUT2D eigenvalue weighted by atomic mass is 10.1. The van der Waals surface area contributed by atoms with E-state index in [2.05, 4.69) is 24.0 Å². The molecule has 3 heteroatoms. The van der Waals surface area contributed by atoms with Crippen LogP contribution in [0.1, 0.15) is 30.9 Å². The maximum Gasteiger partial charge on any atom is 0.123 e. The molecule has 1 saturated heterocycles. The van der Waals surface area contributed by atoms with Gasteiger partial charge in [0.25, 0.3) is 0 Å². The maximum absolute atomic E-state index is 5.75. The van der Waals surface area contributed by atoms with Gasteiger partial charge in [-0.1, -0.05) is 19.4 Å². The summed E-state index contributed by atoms with van der Waals surface area (Å²) < 4.78 is 5.30. The zero-order valence-electron chi connectivity index (χ0n) is 11.5. The zero-order chi connectivity index (χ0) is 13.0. The summed E-state index contributed by atoms with van der Waals surface area (Å²) >= 11 is 0. The van der Waals surface area contributed by atoms with Gasteiger partial charge in [0.05, 0.1) is 7.11 Å². The van der Waals surface area contributed by atoms with E-state index in [1.165, 1.54) is 31.5 Å². The summed E-state index contributed by atoms with van der Waals surface area (Å²) in [4.78, 5) is 2.54. The van der Waals surface area contributed by atoms with Crippen molar-refractivity contribution in [2.75, 3.05) is 20.2 Å². The normalized spacial score (nSPS) is 20.3. The first-order valence-electron chi connectivity index (χ1n) is 6.85. The first kappa shape index (κ1) is 13.4. The molecule has 0 amide bonds. The molecule has 0 bridgehead atoms. The second-order valence-corrected chi connectivity index (χ2v) is 5.15. The van der Waals surface area contributed by atoms with Crippen molar-refractivity contribution < 1.29 is 4.74 Å². The smallest absolute Gasteiger partial charge is 0.123 e. The van der Waals surface area contributed by atoms with Gasteiger partial charge in [0.1, 0.15) is 5.75 Å². The molecule has 18 heavy (non-hydrogen) atoms. The van der Waals surface area contributed by atoms with Gasteiger partial charge in [0.15, 0.2) is 0 Å². The molecule has 1 aliphatic rings. The summed E-state index contributed by atoms with van der Waals surface area (Å²) in [6.45, 7) is 6.32. The van der Waals surface area contributed by atoms with E-state index in [1.54, 1.807) is 7.11 Å². The molecule has 0 aromatic heterocycles. The number of hydrogen-bond donors (Lipinski definition) is 1. The number of ether oxygens (including phenoxy) is 1. The Bertz CT molecular complexity index is 392. The predicted octanol–water partition coefficient (Wildman–Crippen LogP) is 2.39. The number of nitrogens with two attached hydrogens (primary N) is 1. The summed E-state index contributed by atoms with van der Waals surface area (Å²) in [5.41, 5.74) is 8.19. The van der Waals surface area contributed by atoms with E-state index in [-0.39, 0.29) is 0 Å². The van der Waals surface area contributed by atoms with Crippen LogP contribution in [0, 0.1) is 5.92 Å². The van der Waals surface area contributed by atoms with Crippen LogP contribution in [0.15, 0.2) is 18.2 Å². The van der Waals surface area contributed by atoms with Gasteiger partial charge in [-0.25, -0.2) is 0 Å². The molecule has 1 aromatic rings. The fourth-order valence-electron chi connectivity index (χ4n) is 2.74. The molecule has 1 atom stereocenters. The SMILES string of the molecule is CCC1CCN(Cc2ccc(OC)c(CN)c2)C1. The third-order valence-electron chi connectivity index (χ3n) is 3.92. The van der Waals surface area contributed by atoms with Crippen molar-refractivity contribution in [1.82, 2.24) is 4.90 Å². The highest BCUT2D eigenvalue weighted by atomic mass is 16.5. The molecule has 1 heterocycles. The van der Waals surface area contributed by atoms with Crippen molar-refractivity contribution in [2.24, 2.45) is 11.7 Å².